The van der Waals surface area contributed by atoms with E-state index in [0.717, 1.165) is 16.1 Å². The molecule has 0 saturated heterocycles. The molecule has 0 atom stereocenters. The van der Waals surface area contributed by atoms with E-state index in [0.29, 0.717) is 10.9 Å². The van der Waals surface area contributed by atoms with Gasteiger partial charge in [0.25, 0.3) is 0 Å². The van der Waals surface area contributed by atoms with Crippen molar-refractivity contribution in [3.63, 3.8) is 0 Å². The van der Waals surface area contributed by atoms with Crippen molar-refractivity contribution in [1.82, 2.24) is 4.48 Å². The van der Waals surface area contributed by atoms with Gasteiger partial charge < -0.3 is 11.9 Å². The summed E-state index contributed by atoms with van der Waals surface area (Å²) in [6, 6.07) is 1.82. The van der Waals surface area contributed by atoms with E-state index in [9.17, 15) is 4.79 Å². The minimum absolute atomic E-state index is 0. The second kappa shape index (κ2) is 4.99. The average Bonchev–Trinajstić information content (AvgIpc) is 2.48. The standard InChI is InChI=1S/C9H7BNO.CH3.Y/c1-6-5-7-3-2-4-8(7)9(12)11(6)10;;/h3-5H,1-2H2;1H3;/q2*-1;. The number of aromatic nitrogens is 1. The van der Waals surface area contributed by atoms with Crippen LogP contribution in [0.4, 0.5) is 0 Å². The summed E-state index contributed by atoms with van der Waals surface area (Å²) in [6.45, 7) is 3.66. The molecule has 0 unspecified atom stereocenters. The third kappa shape index (κ3) is 2.04. The molecule has 1 heterocycles. The number of nitrogens with zero attached hydrogens (tertiary/aromatic N) is 1. The molecule has 1 aliphatic rings. The summed E-state index contributed by atoms with van der Waals surface area (Å²) in [7, 11) is 5.46. The van der Waals surface area contributed by atoms with Gasteiger partial charge in [-0.15, -0.1) is 5.69 Å². The molecule has 0 bridgehead atoms. The van der Waals surface area contributed by atoms with Crippen molar-refractivity contribution in [2.45, 2.75) is 6.42 Å². The summed E-state index contributed by atoms with van der Waals surface area (Å²) in [4.78, 5) is 11.4. The maximum atomic E-state index is 11.4. The molecule has 0 spiro atoms. The Morgan fingerprint density at radius 2 is 2.07 bits per heavy atom. The number of fused-ring (bicyclic) bond motifs is 1. The maximum Gasteiger partial charge on any atom is 0.241 e. The Morgan fingerprint density at radius 3 is 2.71 bits per heavy atom. The van der Waals surface area contributed by atoms with Gasteiger partial charge in [-0.3, -0.25) is 4.79 Å². The third-order valence-corrected chi connectivity index (χ3v) is 2.05. The van der Waals surface area contributed by atoms with Gasteiger partial charge in [0, 0.05) is 37.9 Å². The van der Waals surface area contributed by atoms with Crippen LogP contribution in [0.25, 0.3) is 12.2 Å². The Balaban J connectivity index is 0.000000845. The molecule has 0 N–H and O–H groups in total. The molecule has 2 nitrogen and oxygen atoms in total. The minimum atomic E-state index is -0.161. The first kappa shape index (κ1) is 13.7. The number of pyridine rings is 1. The molecule has 4 heteroatoms. The van der Waals surface area contributed by atoms with Crippen LogP contribution in [0.1, 0.15) is 12.1 Å². The maximum absolute atomic E-state index is 11.4. The zero-order valence-electron chi connectivity index (χ0n) is 8.16. The molecule has 3 radical (unpaired) electrons. The van der Waals surface area contributed by atoms with Gasteiger partial charge in [0.1, 0.15) is 0 Å². The van der Waals surface area contributed by atoms with Crippen molar-refractivity contribution in [3.05, 3.63) is 46.9 Å². The molecule has 1 aliphatic carbocycles. The third-order valence-electron chi connectivity index (χ3n) is 2.05. The van der Waals surface area contributed by atoms with Crippen LogP contribution in [-0.2, 0) is 32.7 Å². The summed E-state index contributed by atoms with van der Waals surface area (Å²) in [5.41, 5.74) is 0.386. The van der Waals surface area contributed by atoms with Gasteiger partial charge in [-0.2, -0.15) is 6.07 Å². The normalized spacial score (nSPS) is 11.4. The number of hydrogen-bond donors (Lipinski definition) is 0. The first-order chi connectivity index (χ1) is 5.70. The fourth-order valence-corrected chi connectivity index (χ4v) is 1.39. The van der Waals surface area contributed by atoms with Crippen LogP contribution >= 0.6 is 0 Å². The van der Waals surface area contributed by atoms with E-state index < -0.39 is 0 Å². The molecular formula is C10H10BNOY-2. The van der Waals surface area contributed by atoms with Crippen LogP contribution in [-0.4, -0.2) is 12.5 Å². The van der Waals surface area contributed by atoms with Crippen molar-refractivity contribution in [2.24, 2.45) is 0 Å². The Morgan fingerprint density at radius 1 is 1.43 bits per heavy atom. The van der Waals surface area contributed by atoms with E-state index in [1.165, 1.54) is 0 Å². The van der Waals surface area contributed by atoms with E-state index >= 15 is 0 Å². The molecule has 0 aromatic carbocycles. The van der Waals surface area contributed by atoms with E-state index in [1.807, 2.05) is 18.2 Å². The molecule has 0 amide bonds. The van der Waals surface area contributed by atoms with Crippen molar-refractivity contribution in [3.8, 4) is 0 Å². The molecule has 1 aromatic heterocycles. The van der Waals surface area contributed by atoms with Gasteiger partial charge in [-0.05, 0) is 6.42 Å². The number of rotatable bonds is 0. The summed E-state index contributed by atoms with van der Waals surface area (Å²) in [5, 5.41) is 1.65. The van der Waals surface area contributed by atoms with E-state index in [1.54, 1.807) is 0 Å². The van der Waals surface area contributed by atoms with Crippen LogP contribution in [0.15, 0.2) is 10.9 Å². The van der Waals surface area contributed by atoms with Gasteiger partial charge in [0.05, 0.1) is 0 Å². The van der Waals surface area contributed by atoms with Crippen LogP contribution in [0.5, 0.6) is 0 Å². The largest absolute Gasteiger partial charge is 0.397 e. The Kier molecular flexibility index (Phi) is 4.90. The topological polar surface area (TPSA) is 22.0 Å². The summed E-state index contributed by atoms with van der Waals surface area (Å²) in [5.74, 6) is 0. The van der Waals surface area contributed by atoms with E-state index in [-0.39, 0.29) is 45.7 Å². The van der Waals surface area contributed by atoms with Crippen molar-refractivity contribution < 1.29 is 32.7 Å². The Bertz CT molecular complexity index is 504. The Labute approximate surface area is 110 Å². The minimum Gasteiger partial charge on any atom is -0.397 e. The molecule has 14 heavy (non-hydrogen) atoms. The van der Waals surface area contributed by atoms with Gasteiger partial charge >= 0.3 is 0 Å². The van der Waals surface area contributed by atoms with E-state index in [2.05, 4.69) is 6.92 Å². The predicted octanol–water partition coefficient (Wildman–Crippen LogP) is -0.625. The van der Waals surface area contributed by atoms with Gasteiger partial charge in [-0.25, -0.2) is 6.92 Å². The molecule has 0 fully saturated rings. The fraction of sp³-hybridized carbons (Fsp3) is 0.100. The summed E-state index contributed by atoms with van der Waals surface area (Å²) < 4.78 is 1.08. The smallest absolute Gasteiger partial charge is 0.241 e. The van der Waals surface area contributed by atoms with Gasteiger partial charge in [-0.1, -0.05) is 17.4 Å². The molecule has 0 aliphatic heterocycles. The molecule has 0 saturated carbocycles. The number of hydrogen-bond acceptors (Lipinski definition) is 1. The second-order valence-corrected chi connectivity index (χ2v) is 2.82. The zero-order valence-corrected chi connectivity index (χ0v) is 11.0. The van der Waals surface area contributed by atoms with Crippen molar-refractivity contribution in [2.75, 3.05) is 0 Å². The van der Waals surface area contributed by atoms with Crippen LogP contribution in [0, 0.1) is 14.4 Å². The zero-order chi connectivity index (χ0) is 8.72. The van der Waals surface area contributed by atoms with Crippen LogP contribution in [0.3, 0.4) is 0 Å². The van der Waals surface area contributed by atoms with Gasteiger partial charge in [0.2, 0.25) is 13.5 Å². The summed E-state index contributed by atoms with van der Waals surface area (Å²) >= 11 is 0. The van der Waals surface area contributed by atoms with Gasteiger partial charge in [0.15, 0.2) is 0 Å². The average molecular weight is 260 g/mol. The predicted molar refractivity (Wildman–Crippen MR) is 55.5 cm³/mol. The molecule has 69 valence electrons. The monoisotopic (exact) mass is 260 g/mol. The molecular weight excluding hydrogens is 250 g/mol. The first-order valence-electron chi connectivity index (χ1n) is 3.73. The SMILES string of the molecule is [B]n1c([CH2-])cc2c(c1=O)=CCC=2.[CH3-].[Y]. The van der Waals surface area contributed by atoms with Crippen LogP contribution < -0.4 is 16.0 Å². The quantitative estimate of drug-likeness (QED) is 0.450. The van der Waals surface area contributed by atoms with E-state index in [4.69, 9.17) is 7.98 Å². The summed E-state index contributed by atoms with van der Waals surface area (Å²) in [6.07, 6.45) is 4.68. The Hall–Kier alpha value is -0.271. The van der Waals surface area contributed by atoms with Crippen LogP contribution in [0.2, 0.25) is 0 Å². The molecule has 2 rings (SSSR count). The molecule has 1 aromatic rings. The second-order valence-electron chi connectivity index (χ2n) is 2.82. The van der Waals surface area contributed by atoms with Crippen molar-refractivity contribution in [1.29, 1.82) is 0 Å². The van der Waals surface area contributed by atoms with Crippen molar-refractivity contribution >= 4 is 20.1 Å². The first-order valence-corrected chi connectivity index (χ1v) is 3.73. The fourth-order valence-electron chi connectivity index (χ4n) is 1.39.